The molecule has 0 radical (unpaired) electrons. The first kappa shape index (κ1) is 15.1. The number of furan rings is 1. The van der Waals surface area contributed by atoms with E-state index >= 15 is 0 Å². The average Bonchev–Trinajstić information content (AvgIpc) is 3.14. The average molecular weight is 344 g/mol. The highest BCUT2D eigenvalue weighted by atomic mass is 32.2. The third kappa shape index (κ3) is 2.61. The fourth-order valence-corrected chi connectivity index (χ4v) is 6.88. The van der Waals surface area contributed by atoms with E-state index < -0.39 is 0 Å². The van der Waals surface area contributed by atoms with Crippen molar-refractivity contribution in [2.24, 2.45) is 23.2 Å². The van der Waals surface area contributed by atoms with Gasteiger partial charge in [-0.25, -0.2) is 0 Å². The number of hydrogen-bond acceptors (Lipinski definition) is 5. The van der Waals surface area contributed by atoms with Crippen LogP contribution in [0.3, 0.4) is 0 Å². The van der Waals surface area contributed by atoms with Gasteiger partial charge in [0, 0.05) is 5.75 Å². The molecule has 4 saturated carbocycles. The largest absolute Gasteiger partial charge is 0.469 e. The Morgan fingerprint density at radius 3 is 2.46 bits per heavy atom. The Hall–Kier alpha value is -1.23. The third-order valence-corrected chi connectivity index (χ3v) is 7.34. The van der Waals surface area contributed by atoms with Crippen molar-refractivity contribution in [3.8, 4) is 11.5 Å². The van der Waals surface area contributed by atoms with Gasteiger partial charge in [0.25, 0.3) is 11.1 Å². The lowest BCUT2D eigenvalue weighted by atomic mass is 9.49. The van der Waals surface area contributed by atoms with Crippen LogP contribution in [-0.2, 0) is 0 Å². The number of nitrogens with zero attached hydrogens (tertiary/aromatic N) is 2. The zero-order valence-electron chi connectivity index (χ0n) is 14.2. The second-order valence-corrected chi connectivity index (χ2v) is 9.33. The summed E-state index contributed by atoms with van der Waals surface area (Å²) in [4.78, 5) is 0. The molecule has 0 N–H and O–H groups in total. The van der Waals surface area contributed by atoms with Crippen molar-refractivity contribution in [3.63, 3.8) is 0 Å². The molecular weight excluding hydrogens is 320 g/mol. The molecule has 0 aliphatic heterocycles. The summed E-state index contributed by atoms with van der Waals surface area (Å²) >= 11 is 1.72. The van der Waals surface area contributed by atoms with Crippen molar-refractivity contribution < 1.29 is 8.83 Å². The van der Waals surface area contributed by atoms with Crippen molar-refractivity contribution >= 4 is 11.8 Å². The van der Waals surface area contributed by atoms with Crippen molar-refractivity contribution in [2.45, 2.75) is 57.1 Å². The topological polar surface area (TPSA) is 52.1 Å². The van der Waals surface area contributed by atoms with E-state index in [9.17, 15) is 0 Å². The summed E-state index contributed by atoms with van der Waals surface area (Å²) in [6.45, 7) is 1.92. The van der Waals surface area contributed by atoms with Gasteiger partial charge in [0.15, 0.2) is 0 Å². The molecule has 0 amide bonds. The number of aromatic nitrogens is 2. The van der Waals surface area contributed by atoms with E-state index in [0.717, 1.165) is 34.8 Å². The van der Waals surface area contributed by atoms with Crippen LogP contribution in [-0.4, -0.2) is 16.0 Å². The zero-order valence-corrected chi connectivity index (χ0v) is 15.0. The van der Waals surface area contributed by atoms with Gasteiger partial charge in [-0.2, -0.15) is 0 Å². The van der Waals surface area contributed by atoms with Crippen LogP contribution in [0.4, 0.5) is 0 Å². The molecule has 2 heterocycles. The van der Waals surface area contributed by atoms with Crippen molar-refractivity contribution in [1.82, 2.24) is 10.2 Å². The molecule has 24 heavy (non-hydrogen) atoms. The lowest BCUT2D eigenvalue weighted by Gasteiger charge is -2.57. The number of hydrogen-bond donors (Lipinski definition) is 0. The molecule has 6 rings (SSSR count). The van der Waals surface area contributed by atoms with Crippen LogP contribution in [0, 0.1) is 30.1 Å². The van der Waals surface area contributed by atoms with Gasteiger partial charge < -0.3 is 8.83 Å². The van der Waals surface area contributed by atoms with Gasteiger partial charge in [-0.1, -0.05) is 11.8 Å². The van der Waals surface area contributed by atoms with Crippen LogP contribution in [0.1, 0.15) is 50.7 Å². The Balaban J connectivity index is 1.22. The molecular formula is C19H24N2O2S. The molecule has 4 fully saturated rings. The first-order valence-corrected chi connectivity index (χ1v) is 10.2. The molecule has 4 nitrogen and oxygen atoms in total. The molecule has 0 spiro atoms. The Kier molecular flexibility index (Phi) is 3.55. The van der Waals surface area contributed by atoms with E-state index in [2.05, 4.69) is 10.2 Å². The molecule has 4 bridgehead atoms. The van der Waals surface area contributed by atoms with Gasteiger partial charge >= 0.3 is 0 Å². The molecule has 0 aromatic carbocycles. The predicted octanol–water partition coefficient (Wildman–Crippen LogP) is 5.34. The minimum atomic E-state index is 0.568. The Morgan fingerprint density at radius 1 is 1.12 bits per heavy atom. The Labute approximate surface area is 146 Å². The second kappa shape index (κ2) is 5.65. The summed E-state index contributed by atoms with van der Waals surface area (Å²) < 4.78 is 11.1. The van der Waals surface area contributed by atoms with Crippen LogP contribution in [0.5, 0.6) is 0 Å². The Morgan fingerprint density at radius 2 is 1.83 bits per heavy atom. The zero-order chi connectivity index (χ0) is 16.1. The molecule has 128 valence electrons. The van der Waals surface area contributed by atoms with Crippen LogP contribution >= 0.6 is 11.8 Å². The van der Waals surface area contributed by atoms with E-state index in [1.54, 1.807) is 18.0 Å². The first-order valence-electron chi connectivity index (χ1n) is 9.20. The summed E-state index contributed by atoms with van der Waals surface area (Å²) in [6.07, 6.45) is 11.9. The van der Waals surface area contributed by atoms with Gasteiger partial charge in [0.05, 0.1) is 11.8 Å². The fraction of sp³-hybridized carbons (Fsp3) is 0.684. The first-order chi connectivity index (χ1) is 11.7. The van der Waals surface area contributed by atoms with Crippen molar-refractivity contribution in [1.29, 1.82) is 0 Å². The summed E-state index contributed by atoms with van der Waals surface area (Å²) in [6, 6.07) is 1.88. The van der Waals surface area contributed by atoms with E-state index in [1.165, 1.54) is 44.9 Å². The van der Waals surface area contributed by atoms with Gasteiger partial charge in [-0.3, -0.25) is 0 Å². The van der Waals surface area contributed by atoms with Gasteiger partial charge in [0.1, 0.15) is 5.76 Å². The van der Waals surface area contributed by atoms with E-state index in [4.69, 9.17) is 8.83 Å². The summed E-state index contributed by atoms with van der Waals surface area (Å²) in [5.74, 6) is 5.57. The van der Waals surface area contributed by atoms with Crippen LogP contribution in [0.15, 0.2) is 26.4 Å². The maximum atomic E-state index is 5.81. The molecule has 0 unspecified atom stereocenters. The molecule has 5 heteroatoms. The normalized spacial score (nSPS) is 34.1. The Bertz CT molecular complexity index is 700. The van der Waals surface area contributed by atoms with E-state index in [1.807, 2.05) is 13.0 Å². The second-order valence-electron chi connectivity index (χ2n) is 8.28. The minimum Gasteiger partial charge on any atom is -0.469 e. The van der Waals surface area contributed by atoms with Gasteiger partial charge in [0.2, 0.25) is 0 Å². The molecule has 0 saturated heterocycles. The van der Waals surface area contributed by atoms with Crippen LogP contribution < -0.4 is 0 Å². The predicted molar refractivity (Wildman–Crippen MR) is 92.7 cm³/mol. The molecule has 2 aromatic rings. The summed E-state index contributed by atoms with van der Waals surface area (Å²) in [7, 11) is 0. The molecule has 2 aromatic heterocycles. The number of rotatable bonds is 5. The lowest BCUT2D eigenvalue weighted by molar-refractivity contribution is -0.0538. The highest BCUT2D eigenvalue weighted by Gasteiger charge is 2.50. The maximum absolute atomic E-state index is 5.81. The molecule has 0 atom stereocenters. The van der Waals surface area contributed by atoms with Crippen LogP contribution in [0.2, 0.25) is 0 Å². The molecule has 4 aliphatic rings. The van der Waals surface area contributed by atoms with Crippen LogP contribution in [0.25, 0.3) is 11.5 Å². The van der Waals surface area contributed by atoms with E-state index in [-0.39, 0.29) is 0 Å². The SMILES string of the molecule is Cc1occc1-c1nnc(SCCC23CC4CC(CC(C4)C2)C3)o1. The highest BCUT2D eigenvalue weighted by molar-refractivity contribution is 7.99. The highest BCUT2D eigenvalue weighted by Crippen LogP contribution is 2.61. The fourth-order valence-electron chi connectivity index (χ4n) is 5.93. The monoisotopic (exact) mass is 344 g/mol. The quantitative estimate of drug-likeness (QED) is 0.686. The lowest BCUT2D eigenvalue weighted by Crippen LogP contribution is -2.46. The smallest absolute Gasteiger partial charge is 0.276 e. The molecule has 4 aliphatic carbocycles. The summed E-state index contributed by atoms with van der Waals surface area (Å²) in [5.41, 5.74) is 1.53. The summed E-state index contributed by atoms with van der Waals surface area (Å²) in [5, 5.41) is 9.06. The number of aryl methyl sites for hydroxylation is 1. The van der Waals surface area contributed by atoms with Gasteiger partial charge in [-0.05, 0) is 81.1 Å². The standard InChI is InChI=1S/C19H24N2O2S/c1-12-16(2-4-22-12)17-20-21-18(23-17)24-5-3-19-9-13-6-14(10-19)8-15(7-13)11-19/h2,4,13-15H,3,5-11H2,1H3. The van der Waals surface area contributed by atoms with E-state index in [0.29, 0.717) is 16.5 Å². The van der Waals surface area contributed by atoms with Gasteiger partial charge in [-0.15, -0.1) is 10.2 Å². The van der Waals surface area contributed by atoms with Crippen molar-refractivity contribution in [2.75, 3.05) is 5.75 Å². The third-order valence-electron chi connectivity index (χ3n) is 6.52. The maximum Gasteiger partial charge on any atom is 0.276 e. The number of thioether (sulfide) groups is 1. The van der Waals surface area contributed by atoms with Crippen molar-refractivity contribution in [3.05, 3.63) is 18.1 Å². The minimum absolute atomic E-state index is 0.568.